The van der Waals surface area contributed by atoms with Gasteiger partial charge in [-0.1, -0.05) is 18.5 Å². The summed E-state index contributed by atoms with van der Waals surface area (Å²) in [6, 6.07) is 7.72. The second-order valence-electron chi connectivity index (χ2n) is 7.95. The third-order valence-electron chi connectivity index (χ3n) is 5.97. The molecule has 0 radical (unpaired) electrons. The van der Waals surface area contributed by atoms with Crippen molar-refractivity contribution in [2.45, 2.75) is 64.1 Å². The van der Waals surface area contributed by atoms with Crippen LogP contribution in [0.25, 0.3) is 0 Å². The second-order valence-corrected chi connectivity index (χ2v) is 7.95. The Morgan fingerprint density at radius 1 is 1.25 bits per heavy atom. The van der Waals surface area contributed by atoms with Crippen LogP contribution >= 0.6 is 0 Å². The average molecular weight is 384 g/mol. The standard InChI is InChI=1S/C21H28N4O3/c1-2-19-23-18(25-28-19)12-27-17-8-6-13(7-9-17)21(26)24-20-14-4-3-5-15(20)11-16(22)10-14/h6-9,14-16,20H,2-5,10-12,22H2,1H3,(H,24,26). The van der Waals surface area contributed by atoms with E-state index in [0.29, 0.717) is 41.3 Å². The fraction of sp³-hybridized carbons (Fsp3) is 0.571. The maximum absolute atomic E-state index is 12.7. The number of aryl methyl sites for hydroxylation is 1. The zero-order valence-electron chi connectivity index (χ0n) is 16.3. The van der Waals surface area contributed by atoms with Crippen molar-refractivity contribution < 1.29 is 14.1 Å². The van der Waals surface area contributed by atoms with Gasteiger partial charge in [-0.05, 0) is 61.8 Å². The molecule has 1 amide bonds. The number of amides is 1. The lowest BCUT2D eigenvalue weighted by Crippen LogP contribution is -2.53. The highest BCUT2D eigenvalue weighted by Gasteiger charge is 2.39. The topological polar surface area (TPSA) is 103 Å². The molecule has 2 aliphatic rings. The summed E-state index contributed by atoms with van der Waals surface area (Å²) in [5.41, 5.74) is 6.83. The van der Waals surface area contributed by atoms with Gasteiger partial charge in [0.2, 0.25) is 11.7 Å². The minimum absolute atomic E-state index is 0.0188. The first-order valence-electron chi connectivity index (χ1n) is 10.2. The van der Waals surface area contributed by atoms with E-state index in [-0.39, 0.29) is 24.6 Å². The average Bonchev–Trinajstić information content (AvgIpc) is 3.15. The number of carbonyl (C=O) groups excluding carboxylic acids is 1. The first-order chi connectivity index (χ1) is 13.6. The molecule has 1 aromatic heterocycles. The van der Waals surface area contributed by atoms with Crippen LogP contribution in [0.5, 0.6) is 5.75 Å². The fourth-order valence-corrected chi connectivity index (χ4v) is 4.60. The van der Waals surface area contributed by atoms with Crippen molar-refractivity contribution in [1.29, 1.82) is 0 Å². The van der Waals surface area contributed by atoms with Gasteiger partial charge in [-0.2, -0.15) is 4.98 Å². The Balaban J connectivity index is 1.33. The third-order valence-corrected chi connectivity index (χ3v) is 5.97. The molecule has 2 saturated carbocycles. The van der Waals surface area contributed by atoms with Gasteiger partial charge in [-0.15, -0.1) is 0 Å². The maximum atomic E-state index is 12.7. The Bertz CT molecular complexity index is 790. The fourth-order valence-electron chi connectivity index (χ4n) is 4.60. The number of nitrogens with one attached hydrogen (secondary N) is 1. The van der Waals surface area contributed by atoms with Crippen LogP contribution in [0, 0.1) is 11.8 Å². The molecular formula is C21H28N4O3. The van der Waals surface area contributed by atoms with Crippen molar-refractivity contribution in [1.82, 2.24) is 15.5 Å². The molecule has 2 aromatic rings. The summed E-state index contributed by atoms with van der Waals surface area (Å²) < 4.78 is 10.7. The Morgan fingerprint density at radius 3 is 2.61 bits per heavy atom. The van der Waals surface area contributed by atoms with E-state index in [1.165, 1.54) is 6.42 Å². The minimum Gasteiger partial charge on any atom is -0.485 e. The predicted octanol–water partition coefficient (Wildman–Crippen LogP) is 2.85. The molecule has 1 heterocycles. The van der Waals surface area contributed by atoms with Crippen LogP contribution in [-0.4, -0.2) is 28.1 Å². The highest BCUT2D eigenvalue weighted by atomic mass is 16.5. The first kappa shape index (κ1) is 18.9. The smallest absolute Gasteiger partial charge is 0.251 e. The minimum atomic E-state index is -0.0188. The summed E-state index contributed by atoms with van der Waals surface area (Å²) in [4.78, 5) is 16.9. The van der Waals surface area contributed by atoms with Crippen LogP contribution in [0.4, 0.5) is 0 Å². The molecule has 7 nitrogen and oxygen atoms in total. The third kappa shape index (κ3) is 4.19. The number of rotatable bonds is 6. The van der Waals surface area contributed by atoms with Gasteiger partial charge in [0.25, 0.3) is 5.91 Å². The van der Waals surface area contributed by atoms with E-state index in [2.05, 4.69) is 15.5 Å². The number of nitrogens with zero attached hydrogens (tertiary/aromatic N) is 2. The Hall–Kier alpha value is -2.41. The number of fused-ring (bicyclic) bond motifs is 2. The van der Waals surface area contributed by atoms with Crippen molar-refractivity contribution >= 4 is 5.91 Å². The summed E-state index contributed by atoms with van der Waals surface area (Å²) in [6.45, 7) is 2.19. The van der Waals surface area contributed by atoms with Gasteiger partial charge in [0.05, 0.1) is 0 Å². The molecule has 2 bridgehead atoms. The number of carbonyl (C=O) groups is 1. The summed E-state index contributed by atoms with van der Waals surface area (Å²) in [5, 5.41) is 7.14. The molecule has 2 atom stereocenters. The van der Waals surface area contributed by atoms with E-state index in [4.69, 9.17) is 15.0 Å². The van der Waals surface area contributed by atoms with Crippen molar-refractivity contribution in [2.75, 3.05) is 0 Å². The quantitative estimate of drug-likeness (QED) is 0.794. The predicted molar refractivity (Wildman–Crippen MR) is 104 cm³/mol. The summed E-state index contributed by atoms with van der Waals surface area (Å²) >= 11 is 0. The van der Waals surface area contributed by atoms with E-state index in [1.807, 2.05) is 6.92 Å². The lowest BCUT2D eigenvalue weighted by Gasteiger charge is -2.45. The van der Waals surface area contributed by atoms with E-state index >= 15 is 0 Å². The molecule has 0 saturated heterocycles. The summed E-state index contributed by atoms with van der Waals surface area (Å²) in [7, 11) is 0. The van der Waals surface area contributed by atoms with Crippen LogP contribution in [-0.2, 0) is 13.0 Å². The van der Waals surface area contributed by atoms with Crippen LogP contribution in [0.15, 0.2) is 28.8 Å². The van der Waals surface area contributed by atoms with Crippen LogP contribution in [0.2, 0.25) is 0 Å². The number of hydrogen-bond acceptors (Lipinski definition) is 6. The van der Waals surface area contributed by atoms with Gasteiger partial charge in [0.15, 0.2) is 6.61 Å². The highest BCUT2D eigenvalue weighted by Crippen LogP contribution is 2.39. The molecule has 28 heavy (non-hydrogen) atoms. The molecule has 0 aliphatic heterocycles. The zero-order valence-corrected chi connectivity index (χ0v) is 16.3. The van der Waals surface area contributed by atoms with Crippen LogP contribution < -0.4 is 15.8 Å². The first-order valence-corrected chi connectivity index (χ1v) is 10.2. The number of ether oxygens (including phenoxy) is 1. The van der Waals surface area contributed by atoms with Gasteiger partial charge in [0, 0.05) is 24.1 Å². The Kier molecular flexibility index (Phi) is 5.62. The van der Waals surface area contributed by atoms with E-state index < -0.39 is 0 Å². The second kappa shape index (κ2) is 8.31. The molecule has 150 valence electrons. The van der Waals surface area contributed by atoms with Crippen molar-refractivity contribution in [2.24, 2.45) is 17.6 Å². The number of hydrogen-bond donors (Lipinski definition) is 2. The molecule has 1 aromatic carbocycles. The zero-order chi connectivity index (χ0) is 19.5. The Morgan fingerprint density at radius 2 is 1.96 bits per heavy atom. The van der Waals surface area contributed by atoms with Gasteiger partial charge in [-0.3, -0.25) is 4.79 Å². The molecule has 7 heteroatoms. The van der Waals surface area contributed by atoms with Gasteiger partial charge >= 0.3 is 0 Å². The molecule has 2 fully saturated rings. The molecular weight excluding hydrogens is 356 g/mol. The van der Waals surface area contributed by atoms with Crippen molar-refractivity contribution in [3.05, 3.63) is 41.5 Å². The van der Waals surface area contributed by atoms with E-state index in [1.54, 1.807) is 24.3 Å². The van der Waals surface area contributed by atoms with Crippen LogP contribution in [0.3, 0.4) is 0 Å². The lowest BCUT2D eigenvalue weighted by molar-refractivity contribution is 0.0756. The monoisotopic (exact) mass is 384 g/mol. The molecule has 2 aliphatic carbocycles. The SMILES string of the molecule is CCc1nc(COc2ccc(C(=O)NC3C4CCCC3CC(N)C4)cc2)no1. The van der Waals surface area contributed by atoms with E-state index in [0.717, 1.165) is 25.7 Å². The summed E-state index contributed by atoms with van der Waals surface area (Å²) in [5.74, 6) is 2.78. The highest BCUT2D eigenvalue weighted by molar-refractivity contribution is 5.94. The largest absolute Gasteiger partial charge is 0.485 e. The van der Waals surface area contributed by atoms with Crippen LogP contribution in [0.1, 0.15) is 61.1 Å². The number of nitrogens with two attached hydrogens (primary N) is 1. The normalized spacial score (nSPS) is 26.6. The van der Waals surface area contributed by atoms with Gasteiger partial charge in [0.1, 0.15) is 5.75 Å². The maximum Gasteiger partial charge on any atom is 0.251 e. The van der Waals surface area contributed by atoms with Crippen molar-refractivity contribution in [3.63, 3.8) is 0 Å². The Labute approximate surface area is 165 Å². The number of benzene rings is 1. The van der Waals surface area contributed by atoms with Gasteiger partial charge in [-0.25, -0.2) is 0 Å². The molecule has 4 rings (SSSR count). The van der Waals surface area contributed by atoms with E-state index in [9.17, 15) is 4.79 Å². The molecule has 0 spiro atoms. The molecule has 3 N–H and O–H groups in total. The number of aromatic nitrogens is 2. The van der Waals surface area contributed by atoms with Crippen molar-refractivity contribution in [3.8, 4) is 5.75 Å². The lowest BCUT2D eigenvalue weighted by atomic mass is 9.67. The summed E-state index contributed by atoms with van der Waals surface area (Å²) in [6.07, 6.45) is 6.32. The van der Waals surface area contributed by atoms with Gasteiger partial charge < -0.3 is 20.3 Å². The molecule has 2 unspecified atom stereocenters.